The van der Waals surface area contributed by atoms with Crippen molar-refractivity contribution in [3.63, 3.8) is 0 Å². The zero-order valence-electron chi connectivity index (χ0n) is 11.8. The molecule has 2 aromatic heterocycles. The monoisotopic (exact) mass is 297 g/mol. The van der Waals surface area contributed by atoms with Crippen LogP contribution in [0, 0.1) is 0 Å². The molecule has 3 N–H and O–H groups in total. The number of benzene rings is 1. The molecule has 0 aliphatic rings. The van der Waals surface area contributed by atoms with Gasteiger partial charge in [-0.15, -0.1) is 5.10 Å². The van der Waals surface area contributed by atoms with Gasteiger partial charge in [-0.3, -0.25) is 9.20 Å². The quantitative estimate of drug-likeness (QED) is 0.725. The van der Waals surface area contributed by atoms with E-state index in [4.69, 9.17) is 5.73 Å². The Bertz CT molecular complexity index is 881. The van der Waals surface area contributed by atoms with Gasteiger partial charge in [0, 0.05) is 18.4 Å². The average molecular weight is 297 g/mol. The number of pyridine rings is 1. The van der Waals surface area contributed by atoms with Gasteiger partial charge in [-0.2, -0.15) is 0 Å². The minimum Gasteiger partial charge on any atom is -0.383 e. The highest BCUT2D eigenvalue weighted by Gasteiger charge is 2.08. The molecule has 0 radical (unpaired) electrons. The van der Waals surface area contributed by atoms with Crippen LogP contribution in [-0.2, 0) is 6.54 Å². The lowest BCUT2D eigenvalue weighted by Gasteiger charge is -2.09. The Kier molecular flexibility index (Phi) is 3.61. The number of nitrogens with one attached hydrogen (secondary N) is 1. The lowest BCUT2D eigenvalue weighted by molar-refractivity contribution is 0.100. The van der Waals surface area contributed by atoms with Crippen molar-refractivity contribution in [1.82, 2.24) is 14.2 Å². The van der Waals surface area contributed by atoms with Crippen molar-refractivity contribution in [3.8, 4) is 0 Å². The van der Waals surface area contributed by atoms with Crippen LogP contribution in [0.5, 0.6) is 0 Å². The Balaban J connectivity index is 1.74. The fraction of sp³-hybridized carbons (Fsp3) is 0.133. The largest absolute Gasteiger partial charge is 0.383 e. The molecule has 3 aromatic rings. The molecule has 7 heteroatoms. The molecule has 3 rings (SSSR count). The predicted molar refractivity (Wildman–Crippen MR) is 82.9 cm³/mol. The van der Waals surface area contributed by atoms with Gasteiger partial charge >= 0.3 is 5.69 Å². The second-order valence-corrected chi connectivity index (χ2v) is 4.77. The van der Waals surface area contributed by atoms with Crippen molar-refractivity contribution in [1.29, 1.82) is 0 Å². The van der Waals surface area contributed by atoms with E-state index in [0.717, 1.165) is 0 Å². The molecular formula is C15H15N5O2. The van der Waals surface area contributed by atoms with Gasteiger partial charge in [0.15, 0.2) is 5.65 Å². The third-order valence-corrected chi connectivity index (χ3v) is 3.32. The number of para-hydroxylation sites is 1. The summed E-state index contributed by atoms with van der Waals surface area (Å²) >= 11 is 0. The number of nitrogens with two attached hydrogens (primary N) is 1. The van der Waals surface area contributed by atoms with Crippen LogP contribution in [0.1, 0.15) is 10.4 Å². The van der Waals surface area contributed by atoms with Gasteiger partial charge in [-0.05, 0) is 24.3 Å². The number of fused-ring (bicyclic) bond motifs is 1. The topological polar surface area (TPSA) is 94.4 Å². The van der Waals surface area contributed by atoms with Crippen LogP contribution in [0.4, 0.5) is 5.69 Å². The SMILES string of the molecule is NC(=O)c1ccccc1NCCn1nc2ccccn2c1=O. The lowest BCUT2D eigenvalue weighted by Crippen LogP contribution is -2.25. The molecule has 7 nitrogen and oxygen atoms in total. The number of hydrogen-bond donors (Lipinski definition) is 2. The first-order valence-electron chi connectivity index (χ1n) is 6.84. The smallest absolute Gasteiger partial charge is 0.350 e. The summed E-state index contributed by atoms with van der Waals surface area (Å²) in [5.41, 5.74) is 6.80. The van der Waals surface area contributed by atoms with E-state index in [0.29, 0.717) is 30.0 Å². The minimum absolute atomic E-state index is 0.194. The number of aromatic nitrogens is 3. The molecule has 0 fully saturated rings. The van der Waals surface area contributed by atoms with Crippen molar-refractivity contribution in [2.45, 2.75) is 6.54 Å². The van der Waals surface area contributed by atoms with Crippen molar-refractivity contribution in [2.24, 2.45) is 5.73 Å². The standard InChI is InChI=1S/C15H15N5O2/c16-14(21)11-5-1-2-6-12(11)17-8-10-20-15(22)19-9-4-3-7-13(19)18-20/h1-7,9,17H,8,10H2,(H2,16,21). The number of primary amides is 1. The maximum absolute atomic E-state index is 12.1. The van der Waals surface area contributed by atoms with E-state index < -0.39 is 5.91 Å². The van der Waals surface area contributed by atoms with Gasteiger partial charge in [0.1, 0.15) is 0 Å². The number of rotatable bonds is 5. The minimum atomic E-state index is -0.493. The van der Waals surface area contributed by atoms with Crippen LogP contribution < -0.4 is 16.7 Å². The zero-order valence-corrected chi connectivity index (χ0v) is 11.8. The summed E-state index contributed by atoms with van der Waals surface area (Å²) in [6.45, 7) is 0.835. The van der Waals surface area contributed by atoms with Gasteiger partial charge in [0.2, 0.25) is 0 Å². The molecule has 0 bridgehead atoms. The third-order valence-electron chi connectivity index (χ3n) is 3.32. The second-order valence-electron chi connectivity index (χ2n) is 4.77. The summed E-state index contributed by atoms with van der Waals surface area (Å²) in [6.07, 6.45) is 1.68. The first kappa shape index (κ1) is 13.9. The molecule has 0 atom stereocenters. The number of anilines is 1. The van der Waals surface area contributed by atoms with Crippen LogP contribution >= 0.6 is 0 Å². The highest BCUT2D eigenvalue weighted by molar-refractivity contribution is 5.98. The number of carbonyl (C=O) groups is 1. The molecule has 0 aliphatic heterocycles. The maximum atomic E-state index is 12.1. The van der Waals surface area contributed by atoms with E-state index in [2.05, 4.69) is 10.4 Å². The van der Waals surface area contributed by atoms with E-state index in [1.807, 2.05) is 12.1 Å². The summed E-state index contributed by atoms with van der Waals surface area (Å²) < 4.78 is 2.87. The summed E-state index contributed by atoms with van der Waals surface area (Å²) in [4.78, 5) is 23.4. The molecule has 0 aliphatic carbocycles. The Morgan fingerprint density at radius 2 is 1.95 bits per heavy atom. The molecule has 0 spiro atoms. The highest BCUT2D eigenvalue weighted by Crippen LogP contribution is 2.13. The van der Waals surface area contributed by atoms with Crippen LogP contribution in [0.3, 0.4) is 0 Å². The molecule has 1 aromatic carbocycles. The van der Waals surface area contributed by atoms with Crippen LogP contribution in [-0.4, -0.2) is 26.6 Å². The molecule has 112 valence electrons. The summed E-state index contributed by atoms with van der Waals surface area (Å²) in [5.74, 6) is -0.493. The Morgan fingerprint density at radius 3 is 2.73 bits per heavy atom. The van der Waals surface area contributed by atoms with E-state index in [9.17, 15) is 9.59 Å². The first-order chi connectivity index (χ1) is 10.7. The molecule has 1 amide bonds. The van der Waals surface area contributed by atoms with Crippen molar-refractivity contribution in [2.75, 3.05) is 11.9 Å². The van der Waals surface area contributed by atoms with E-state index >= 15 is 0 Å². The van der Waals surface area contributed by atoms with Gasteiger partial charge < -0.3 is 11.1 Å². The van der Waals surface area contributed by atoms with Gasteiger partial charge in [0.05, 0.1) is 12.1 Å². The molecular weight excluding hydrogens is 282 g/mol. The van der Waals surface area contributed by atoms with Gasteiger partial charge in [0.25, 0.3) is 5.91 Å². The summed E-state index contributed by atoms with van der Waals surface area (Å²) in [7, 11) is 0. The fourth-order valence-electron chi connectivity index (χ4n) is 2.26. The van der Waals surface area contributed by atoms with Crippen molar-refractivity contribution in [3.05, 3.63) is 64.7 Å². The number of carbonyl (C=O) groups excluding carboxylic acids is 1. The van der Waals surface area contributed by atoms with E-state index in [1.165, 1.54) is 9.08 Å². The molecule has 0 saturated carbocycles. The van der Waals surface area contributed by atoms with E-state index in [-0.39, 0.29) is 5.69 Å². The number of amides is 1. The van der Waals surface area contributed by atoms with Crippen LogP contribution in [0.15, 0.2) is 53.5 Å². The molecule has 0 unspecified atom stereocenters. The summed E-state index contributed by atoms with van der Waals surface area (Å²) in [6, 6.07) is 12.4. The Morgan fingerprint density at radius 1 is 1.18 bits per heavy atom. The molecule has 22 heavy (non-hydrogen) atoms. The average Bonchev–Trinajstić information content (AvgIpc) is 2.85. The van der Waals surface area contributed by atoms with Gasteiger partial charge in [-0.1, -0.05) is 18.2 Å². The first-order valence-corrected chi connectivity index (χ1v) is 6.84. The fourth-order valence-corrected chi connectivity index (χ4v) is 2.26. The summed E-state index contributed by atoms with van der Waals surface area (Å²) in [5, 5.41) is 7.34. The van der Waals surface area contributed by atoms with Crippen molar-refractivity contribution < 1.29 is 4.79 Å². The third kappa shape index (κ3) is 2.56. The van der Waals surface area contributed by atoms with Crippen LogP contribution in [0.25, 0.3) is 5.65 Å². The van der Waals surface area contributed by atoms with E-state index in [1.54, 1.807) is 36.5 Å². The molecule has 0 saturated heterocycles. The maximum Gasteiger partial charge on any atom is 0.350 e. The lowest BCUT2D eigenvalue weighted by atomic mass is 10.1. The zero-order chi connectivity index (χ0) is 15.5. The normalized spacial score (nSPS) is 10.7. The second kappa shape index (κ2) is 5.72. The number of hydrogen-bond acceptors (Lipinski definition) is 4. The Labute approximate surface area is 126 Å². The van der Waals surface area contributed by atoms with Gasteiger partial charge in [-0.25, -0.2) is 9.48 Å². The molecule has 2 heterocycles. The predicted octanol–water partition coefficient (Wildman–Crippen LogP) is 0.707. The highest BCUT2D eigenvalue weighted by atomic mass is 16.2. The number of nitrogens with zero attached hydrogens (tertiary/aromatic N) is 3. The van der Waals surface area contributed by atoms with Crippen molar-refractivity contribution >= 4 is 17.2 Å². The van der Waals surface area contributed by atoms with Crippen LogP contribution in [0.2, 0.25) is 0 Å². The Hall–Kier alpha value is -3.09.